The molecule has 84 heavy (non-hydrogen) atoms. The number of hydrogen-bond acceptors (Lipinski definition) is 4. The molecule has 11 aromatic rings. The van der Waals surface area contributed by atoms with E-state index in [1.807, 2.05) is 24.3 Å². The van der Waals surface area contributed by atoms with Crippen LogP contribution < -0.4 is 0 Å². The van der Waals surface area contributed by atoms with Gasteiger partial charge in [-0.3, -0.25) is 29.0 Å². The highest BCUT2D eigenvalue weighted by atomic mass is 35.5. The summed E-state index contributed by atoms with van der Waals surface area (Å²) in [4.78, 5) is 63.6. The predicted molar refractivity (Wildman–Crippen MR) is 357 cm³/mol. The molecule has 13 rings (SSSR count). The first-order chi connectivity index (χ1) is 40.9. The second-order valence-electron chi connectivity index (χ2n) is 24.8. The molecule has 0 bridgehead atoms. The highest BCUT2D eigenvalue weighted by molar-refractivity contribution is 6.52. The minimum absolute atomic E-state index is 0.244. The van der Waals surface area contributed by atoms with Gasteiger partial charge < -0.3 is 0 Å². The van der Waals surface area contributed by atoms with Gasteiger partial charge in [-0.1, -0.05) is 251 Å². The van der Waals surface area contributed by atoms with Crippen LogP contribution in [-0.2, 0) is 0 Å². The second kappa shape index (κ2) is 23.5. The molecule has 432 valence electrons. The van der Waals surface area contributed by atoms with Gasteiger partial charge in [0, 0.05) is 22.9 Å². The highest BCUT2D eigenvalue weighted by Crippen LogP contribution is 2.55. The Morgan fingerprint density at radius 1 is 0.274 bits per heavy atom. The van der Waals surface area contributed by atoms with Crippen LogP contribution in [0, 0.1) is 0 Å². The number of fused-ring (bicyclic) bond motifs is 6. The summed E-state index contributed by atoms with van der Waals surface area (Å²) in [5.74, 6) is -1.30. The van der Waals surface area contributed by atoms with Crippen molar-refractivity contribution >= 4 is 178 Å². The average Bonchev–Trinajstić information content (AvgIpc) is 0.701. The first-order valence-electron chi connectivity index (χ1n) is 31.9. The summed E-state index contributed by atoms with van der Waals surface area (Å²) in [5, 5.41) is 20.2. The molecule has 0 unspecified atom stereocenters. The number of rotatable bonds is 26. The Morgan fingerprint density at radius 3 is 0.679 bits per heavy atom. The normalized spacial score (nSPS) is 14.2. The summed E-state index contributed by atoms with van der Waals surface area (Å²) >= 11 is 29.8. The predicted octanol–water partition coefficient (Wildman–Crippen LogP) is 23.5. The third-order valence-electron chi connectivity index (χ3n) is 19.7. The third kappa shape index (κ3) is 9.06. The smallest absolute Gasteiger partial charge is 0.263 e. The maximum absolute atomic E-state index is 15.1. The minimum atomic E-state index is -0.325. The molecule has 10 heteroatoms. The number of imide groups is 2. The van der Waals surface area contributed by atoms with E-state index in [1.54, 1.807) is 0 Å². The van der Waals surface area contributed by atoms with E-state index in [-0.39, 0.29) is 35.7 Å². The van der Waals surface area contributed by atoms with Gasteiger partial charge in [-0.05, 0) is 147 Å². The Kier molecular flexibility index (Phi) is 16.0. The Bertz CT molecular complexity index is 3910. The zero-order valence-corrected chi connectivity index (χ0v) is 52.1. The van der Waals surface area contributed by atoms with E-state index < -0.39 is 0 Å². The molecular weight excluding hydrogens is 1120 g/mol. The molecule has 2 aliphatic heterocycles. The fourth-order valence-electron chi connectivity index (χ4n) is 15.7. The molecule has 4 amide bonds. The summed E-state index contributed by atoms with van der Waals surface area (Å²) < 4.78 is 0. The van der Waals surface area contributed by atoms with Gasteiger partial charge in [0.1, 0.15) is 0 Å². The van der Waals surface area contributed by atoms with Crippen molar-refractivity contribution < 1.29 is 19.2 Å². The molecule has 11 aromatic carbocycles. The van der Waals surface area contributed by atoms with Crippen LogP contribution in [0.15, 0.2) is 72.8 Å². The molecular formula is C74H74Cl4N2O4. The van der Waals surface area contributed by atoms with E-state index in [2.05, 4.69) is 76.2 Å². The topological polar surface area (TPSA) is 74.8 Å². The molecule has 0 fully saturated rings. The largest absolute Gasteiger partial charge is 0.271 e. The first kappa shape index (κ1) is 57.3. The number of amides is 4. The van der Waals surface area contributed by atoms with Gasteiger partial charge in [-0.2, -0.15) is 0 Å². The summed E-state index contributed by atoms with van der Waals surface area (Å²) in [7, 11) is 0. The van der Waals surface area contributed by atoms with Crippen molar-refractivity contribution in [1.29, 1.82) is 0 Å². The van der Waals surface area contributed by atoms with Crippen LogP contribution in [0.2, 0.25) is 20.1 Å². The van der Waals surface area contributed by atoms with Gasteiger partial charge in [-0.15, -0.1) is 0 Å². The number of halogens is 4. The number of carbonyl (C=O) groups is 4. The molecule has 0 N–H and O–H groups in total. The lowest BCUT2D eigenvalue weighted by Gasteiger charge is -2.35. The lowest BCUT2D eigenvalue weighted by molar-refractivity contribution is 0.0501. The van der Waals surface area contributed by atoms with Crippen LogP contribution in [-0.4, -0.2) is 45.5 Å². The SMILES string of the molecule is CCCCCCCC(CCCCCCC)N1C(=O)c2c(Cl)cc3c4ccc5c6ccc7c8cc(Cl)c9c%10c(c(Cl)cc(c%11ccc(c%12ccc(c%13cc(Cl)c(c2c3%13)C1=O)c4c5%12)c6c7%11)c%108)C(=O)N(C(CCCCCCC)CCCCCCC)C9=O. The summed E-state index contributed by atoms with van der Waals surface area (Å²) in [5.41, 5.74) is 1.46. The Morgan fingerprint density at radius 2 is 0.464 bits per heavy atom. The molecule has 2 aliphatic rings. The van der Waals surface area contributed by atoms with Crippen molar-refractivity contribution in [2.45, 2.75) is 194 Å². The quantitative estimate of drug-likeness (QED) is 0.0234. The van der Waals surface area contributed by atoms with Crippen LogP contribution >= 0.6 is 46.4 Å². The molecule has 0 spiro atoms. The number of hydrogen-bond donors (Lipinski definition) is 0. The number of carbonyl (C=O) groups excluding carboxylic acids is 4. The zero-order chi connectivity index (χ0) is 58.2. The van der Waals surface area contributed by atoms with Crippen molar-refractivity contribution in [2.75, 3.05) is 0 Å². The summed E-state index contributed by atoms with van der Waals surface area (Å²) in [6, 6.07) is 24.9. The van der Waals surface area contributed by atoms with Gasteiger partial charge in [-0.25, -0.2) is 0 Å². The van der Waals surface area contributed by atoms with Gasteiger partial charge in [0.05, 0.1) is 42.3 Å². The van der Waals surface area contributed by atoms with Crippen LogP contribution in [0.3, 0.4) is 0 Å². The monoisotopic (exact) mass is 1190 g/mol. The van der Waals surface area contributed by atoms with E-state index in [0.717, 1.165) is 225 Å². The number of nitrogens with zero attached hydrogens (tertiary/aromatic N) is 2. The molecule has 6 nitrogen and oxygen atoms in total. The first-order valence-corrected chi connectivity index (χ1v) is 33.4. The lowest BCUT2D eigenvalue weighted by atomic mass is 9.80. The fraction of sp³-hybridized carbons (Fsp3) is 0.405. The van der Waals surface area contributed by atoms with Crippen LogP contribution in [0.5, 0.6) is 0 Å². The molecule has 0 radical (unpaired) electrons. The average molecular weight is 1200 g/mol. The molecule has 0 aliphatic carbocycles. The van der Waals surface area contributed by atoms with E-state index in [1.165, 1.54) is 35.5 Å². The number of benzene rings is 11. The molecule has 2 heterocycles. The maximum atomic E-state index is 15.1. The molecule has 0 atom stereocenters. The van der Waals surface area contributed by atoms with Crippen LogP contribution in [0.4, 0.5) is 0 Å². The maximum Gasteiger partial charge on any atom is 0.263 e. The van der Waals surface area contributed by atoms with Gasteiger partial charge >= 0.3 is 0 Å². The summed E-state index contributed by atoms with van der Waals surface area (Å²) in [6.45, 7) is 8.85. The molecule has 0 aromatic heterocycles. The van der Waals surface area contributed by atoms with Crippen LogP contribution in [0.1, 0.15) is 223 Å². The Labute approximate surface area is 512 Å². The van der Waals surface area contributed by atoms with Crippen molar-refractivity contribution in [3.05, 3.63) is 115 Å². The standard InChI is InChI=1S/C74H74Cl4N2O4/c1-5-9-13-17-21-25-41(26-22-18-14-10-6-2)79-71(81)65-55(75)37-51-47-33-29-43-45-31-35-49-53-39-57(77)67-70-64(53)54(40-58(78)68(70)74(84)80(73(67)83)42(27-23-19-15-11-7-3)28-24-20-16-12-8-4)50-36-32-46(60(45)62(49)50)44-30-34-48(61(47)59(43)44)52-38-56(76)66(72(79)82)69(65)63(51)52/h29-42H,5-28H2,1-4H3. The van der Waals surface area contributed by atoms with Crippen molar-refractivity contribution in [1.82, 2.24) is 9.80 Å². The van der Waals surface area contributed by atoms with E-state index >= 15 is 19.2 Å². The van der Waals surface area contributed by atoms with E-state index in [0.29, 0.717) is 53.1 Å². The highest BCUT2D eigenvalue weighted by Gasteiger charge is 2.43. The van der Waals surface area contributed by atoms with Crippen molar-refractivity contribution in [3.8, 4) is 0 Å². The Hall–Kier alpha value is -5.76. The van der Waals surface area contributed by atoms with Gasteiger partial charge in [0.2, 0.25) is 0 Å². The molecule has 0 saturated heterocycles. The van der Waals surface area contributed by atoms with Crippen LogP contribution in [0.25, 0.3) is 108 Å². The fourth-order valence-corrected chi connectivity index (χ4v) is 16.8. The lowest BCUT2D eigenvalue weighted by Crippen LogP contribution is -2.47. The minimum Gasteiger partial charge on any atom is -0.271 e. The van der Waals surface area contributed by atoms with Gasteiger partial charge in [0.15, 0.2) is 0 Å². The third-order valence-corrected chi connectivity index (χ3v) is 20.9. The van der Waals surface area contributed by atoms with Gasteiger partial charge in [0.25, 0.3) is 23.6 Å². The Balaban J connectivity index is 0.948. The van der Waals surface area contributed by atoms with E-state index in [4.69, 9.17) is 46.4 Å². The zero-order valence-electron chi connectivity index (χ0n) is 49.1. The molecule has 0 saturated carbocycles. The van der Waals surface area contributed by atoms with Crippen molar-refractivity contribution in [3.63, 3.8) is 0 Å². The number of unbranched alkanes of at least 4 members (excludes halogenated alkanes) is 16. The van der Waals surface area contributed by atoms with E-state index in [9.17, 15) is 0 Å². The van der Waals surface area contributed by atoms with Crippen molar-refractivity contribution in [2.24, 2.45) is 0 Å². The second-order valence-corrected chi connectivity index (χ2v) is 26.5. The summed E-state index contributed by atoms with van der Waals surface area (Å²) in [6.07, 6.45) is 25.0.